The van der Waals surface area contributed by atoms with Gasteiger partial charge in [-0.3, -0.25) is 9.59 Å². The molecule has 6 fully saturated rings. The van der Waals surface area contributed by atoms with E-state index in [9.17, 15) is 9.59 Å². The van der Waals surface area contributed by atoms with Crippen LogP contribution in [0.3, 0.4) is 0 Å². The van der Waals surface area contributed by atoms with E-state index in [1.165, 1.54) is 17.6 Å². The van der Waals surface area contributed by atoms with E-state index in [0.717, 1.165) is 23.7 Å². The highest BCUT2D eigenvalue weighted by Gasteiger charge is 2.96. The number of carbonyl (C=O) groups is 2. The van der Waals surface area contributed by atoms with Crippen LogP contribution in [0.25, 0.3) is 0 Å². The van der Waals surface area contributed by atoms with Gasteiger partial charge in [0.15, 0.2) is 11.6 Å². The van der Waals surface area contributed by atoms with E-state index in [2.05, 4.69) is 25.3 Å². The number of rotatable bonds is 0. The van der Waals surface area contributed by atoms with E-state index in [1.807, 2.05) is 0 Å². The van der Waals surface area contributed by atoms with Gasteiger partial charge in [-0.15, -0.1) is 0 Å². The Hall–Kier alpha value is -1.70. The van der Waals surface area contributed by atoms with Gasteiger partial charge < -0.3 is 0 Å². The molecule has 6 saturated carbocycles. The molecular weight excluding hydrogens is 308 g/mol. The lowest BCUT2D eigenvalue weighted by Crippen LogP contribution is -2.76. The first-order valence-electron chi connectivity index (χ1n) is 9.90. The molecule has 0 heterocycles. The Kier molecular flexibility index (Phi) is 1.56. The van der Waals surface area contributed by atoms with Gasteiger partial charge in [-0.05, 0) is 65.9 Å². The molecule has 0 aromatic rings. The summed E-state index contributed by atoms with van der Waals surface area (Å²) in [7, 11) is 0. The molecule has 0 amide bonds. The predicted molar refractivity (Wildman–Crippen MR) is 91.0 cm³/mol. The maximum atomic E-state index is 12.9. The van der Waals surface area contributed by atoms with E-state index in [1.54, 1.807) is 12.2 Å². The van der Waals surface area contributed by atoms with E-state index in [-0.39, 0.29) is 46.1 Å². The SMILES string of the molecule is C=C1C2C3CC4C2C(=C)C25C4C3C12[C@@H]1C=C[C@H]5[C@H]2C(=O)C=CC(=O)[C@H]21. The highest BCUT2D eigenvalue weighted by atomic mass is 16.1. The van der Waals surface area contributed by atoms with E-state index in [0.29, 0.717) is 11.8 Å². The molecule has 0 aromatic heterocycles. The van der Waals surface area contributed by atoms with Crippen LogP contribution < -0.4 is 0 Å². The van der Waals surface area contributed by atoms with Crippen molar-refractivity contribution in [1.82, 2.24) is 0 Å². The minimum Gasteiger partial charge on any atom is -0.294 e. The van der Waals surface area contributed by atoms with Crippen LogP contribution in [-0.2, 0) is 9.59 Å². The van der Waals surface area contributed by atoms with Crippen molar-refractivity contribution < 1.29 is 9.59 Å². The Morgan fingerprint density at radius 2 is 1.20 bits per heavy atom. The number of hydrogen-bond donors (Lipinski definition) is 0. The molecule has 0 saturated heterocycles. The third kappa shape index (κ3) is 0.769. The molecule has 25 heavy (non-hydrogen) atoms. The van der Waals surface area contributed by atoms with E-state index in [4.69, 9.17) is 0 Å². The summed E-state index contributed by atoms with van der Waals surface area (Å²) in [5.74, 6) is 4.72. The summed E-state index contributed by atoms with van der Waals surface area (Å²) in [6, 6.07) is 0. The Labute approximate surface area is 146 Å². The minimum atomic E-state index is -0.140. The highest BCUT2D eigenvalue weighted by Crippen LogP contribution is 2.99. The van der Waals surface area contributed by atoms with Gasteiger partial charge in [0.25, 0.3) is 0 Å². The molecule has 4 bridgehead atoms. The molecule has 9 aliphatic carbocycles. The molecule has 2 heteroatoms. The molecule has 9 rings (SSSR count). The fourth-order valence-corrected chi connectivity index (χ4v) is 10.9. The van der Waals surface area contributed by atoms with Crippen LogP contribution in [0.15, 0.2) is 48.6 Å². The molecule has 8 unspecified atom stereocenters. The molecule has 0 radical (unpaired) electrons. The van der Waals surface area contributed by atoms with Crippen molar-refractivity contribution >= 4 is 11.6 Å². The van der Waals surface area contributed by atoms with Crippen molar-refractivity contribution in [3.63, 3.8) is 0 Å². The fraction of sp³-hybridized carbons (Fsp3) is 0.565. The highest BCUT2D eigenvalue weighted by molar-refractivity contribution is 6.08. The topological polar surface area (TPSA) is 34.1 Å². The van der Waals surface area contributed by atoms with Gasteiger partial charge in [0, 0.05) is 22.7 Å². The zero-order valence-electron chi connectivity index (χ0n) is 14.0. The third-order valence-electron chi connectivity index (χ3n) is 10.6. The summed E-state index contributed by atoms with van der Waals surface area (Å²) in [6.45, 7) is 9.38. The maximum absolute atomic E-state index is 12.9. The van der Waals surface area contributed by atoms with Crippen molar-refractivity contribution in [2.24, 2.45) is 70.0 Å². The van der Waals surface area contributed by atoms with Crippen LogP contribution >= 0.6 is 0 Å². The van der Waals surface area contributed by atoms with Gasteiger partial charge in [0.05, 0.1) is 0 Å². The lowest BCUT2D eigenvalue weighted by atomic mass is 9.24. The average molecular weight is 328 g/mol. The number of hydrogen-bond acceptors (Lipinski definition) is 2. The molecule has 0 aromatic carbocycles. The Morgan fingerprint density at radius 3 is 1.64 bits per heavy atom. The van der Waals surface area contributed by atoms with Gasteiger partial charge in [-0.1, -0.05) is 36.5 Å². The lowest BCUT2D eigenvalue weighted by molar-refractivity contribution is -0.240. The monoisotopic (exact) mass is 328 g/mol. The van der Waals surface area contributed by atoms with Crippen molar-refractivity contribution in [3.8, 4) is 0 Å². The fourth-order valence-electron chi connectivity index (χ4n) is 10.9. The molecule has 0 N–H and O–H groups in total. The number of ketones is 2. The quantitative estimate of drug-likeness (QED) is 0.641. The smallest absolute Gasteiger partial charge is 0.160 e. The lowest BCUT2D eigenvalue weighted by Gasteiger charge is -2.77. The van der Waals surface area contributed by atoms with Gasteiger partial charge in [-0.2, -0.15) is 0 Å². The Balaban J connectivity index is 1.50. The van der Waals surface area contributed by atoms with Crippen molar-refractivity contribution in [2.75, 3.05) is 0 Å². The Morgan fingerprint density at radius 1 is 0.760 bits per heavy atom. The average Bonchev–Trinajstić information content (AvgIpc) is 3.14. The number of carbonyl (C=O) groups excluding carboxylic acids is 2. The molecule has 2 nitrogen and oxygen atoms in total. The summed E-state index contributed by atoms with van der Waals surface area (Å²) in [4.78, 5) is 25.8. The van der Waals surface area contributed by atoms with Crippen LogP contribution in [0.1, 0.15) is 6.42 Å². The van der Waals surface area contributed by atoms with Gasteiger partial charge in [0.2, 0.25) is 0 Å². The van der Waals surface area contributed by atoms with E-state index >= 15 is 0 Å². The van der Waals surface area contributed by atoms with Gasteiger partial charge in [-0.25, -0.2) is 0 Å². The molecule has 0 aliphatic heterocycles. The summed E-state index contributed by atoms with van der Waals surface area (Å²) in [5.41, 5.74) is 3.05. The molecule has 124 valence electrons. The molecule has 2 spiro atoms. The second-order valence-corrected chi connectivity index (χ2v) is 10.1. The standard InChI is InChI=1S/C23H20O2/c1-8-16-10-7-11-17(16)9(2)23-13-4-3-12(22(8,23)20(10)21(11)23)18-14(24)5-6-15(25)19(13)18/h3-6,10-13,16-21H,1-2,7H2/t10?,11?,12-,13+,16?,17?,18-,19+,20?,21?,22?,23?. The first kappa shape index (κ1) is 12.6. The molecular formula is C23H20O2. The molecule has 12 atom stereocenters. The zero-order chi connectivity index (χ0) is 16.6. The third-order valence-corrected chi connectivity index (χ3v) is 10.6. The van der Waals surface area contributed by atoms with Crippen LogP contribution in [-0.4, -0.2) is 11.6 Å². The number of allylic oxidation sites excluding steroid dienone is 6. The summed E-state index contributed by atoms with van der Waals surface area (Å²) >= 11 is 0. The normalized spacial score (nSPS) is 68.2. The van der Waals surface area contributed by atoms with Crippen molar-refractivity contribution in [2.45, 2.75) is 6.42 Å². The summed E-state index contributed by atoms with van der Waals surface area (Å²) in [6.07, 6.45) is 9.10. The summed E-state index contributed by atoms with van der Waals surface area (Å²) in [5, 5.41) is 0. The maximum Gasteiger partial charge on any atom is 0.160 e. The van der Waals surface area contributed by atoms with Crippen molar-refractivity contribution in [3.05, 3.63) is 48.6 Å². The van der Waals surface area contributed by atoms with Crippen LogP contribution in [0.5, 0.6) is 0 Å². The largest absolute Gasteiger partial charge is 0.294 e. The first-order chi connectivity index (χ1) is 12.1. The second-order valence-electron chi connectivity index (χ2n) is 10.1. The second kappa shape index (κ2) is 3.08. The number of fused-ring (bicyclic) bond motifs is 1. The Bertz CT molecular complexity index is 877. The van der Waals surface area contributed by atoms with E-state index < -0.39 is 0 Å². The van der Waals surface area contributed by atoms with Crippen LogP contribution in [0.4, 0.5) is 0 Å². The molecule has 9 aliphatic rings. The van der Waals surface area contributed by atoms with Gasteiger partial charge in [0.1, 0.15) is 0 Å². The van der Waals surface area contributed by atoms with Gasteiger partial charge >= 0.3 is 0 Å². The summed E-state index contributed by atoms with van der Waals surface area (Å²) < 4.78 is 0. The minimum absolute atomic E-state index is 0.0630. The first-order valence-corrected chi connectivity index (χ1v) is 9.90. The predicted octanol–water partition coefficient (Wildman–Crippen LogP) is 2.98. The van der Waals surface area contributed by atoms with Crippen LogP contribution in [0, 0.1) is 70.0 Å². The zero-order valence-corrected chi connectivity index (χ0v) is 14.0. The van der Waals surface area contributed by atoms with Crippen molar-refractivity contribution in [1.29, 1.82) is 0 Å². The van der Waals surface area contributed by atoms with Crippen LogP contribution in [0.2, 0.25) is 0 Å².